The quantitative estimate of drug-likeness (QED) is 0.634. The number of nitrogens with zero attached hydrogens (tertiary/aromatic N) is 2. The molecule has 6 heteroatoms. The van der Waals surface area contributed by atoms with Crippen LogP contribution in [0.2, 0.25) is 0 Å². The van der Waals surface area contributed by atoms with Crippen molar-refractivity contribution in [2.75, 3.05) is 13.1 Å². The first-order valence-corrected chi connectivity index (χ1v) is 9.59. The minimum Gasteiger partial charge on any atom is -0.447 e. The van der Waals surface area contributed by atoms with Crippen molar-refractivity contribution in [2.24, 2.45) is 0 Å². The molecule has 28 heavy (non-hydrogen) atoms. The molecule has 0 N–H and O–H groups in total. The van der Waals surface area contributed by atoms with Crippen molar-refractivity contribution in [1.82, 2.24) is 10.1 Å². The highest BCUT2D eigenvalue weighted by atomic mass is 16.5. The number of aromatic nitrogens is 1. The summed E-state index contributed by atoms with van der Waals surface area (Å²) in [6.45, 7) is 1.40. The highest BCUT2D eigenvalue weighted by molar-refractivity contribution is 5.87. The maximum Gasteiger partial charge on any atom is 0.313 e. The summed E-state index contributed by atoms with van der Waals surface area (Å²) in [5.74, 6) is -0.664. The first-order valence-electron chi connectivity index (χ1n) is 9.59. The van der Waals surface area contributed by atoms with Crippen molar-refractivity contribution in [3.05, 3.63) is 65.9 Å². The van der Waals surface area contributed by atoms with Gasteiger partial charge in [0, 0.05) is 24.0 Å². The molecule has 1 aliphatic heterocycles. The van der Waals surface area contributed by atoms with E-state index < -0.39 is 12.1 Å². The Kier molecular flexibility index (Phi) is 5.37. The molecule has 1 atom stereocenters. The zero-order chi connectivity index (χ0) is 19.3. The molecule has 1 fully saturated rings. The number of rotatable bonds is 5. The number of carbonyl (C=O) groups excluding carboxylic acids is 2. The van der Waals surface area contributed by atoms with Crippen molar-refractivity contribution >= 4 is 22.8 Å². The van der Waals surface area contributed by atoms with Crippen LogP contribution in [0.25, 0.3) is 11.0 Å². The van der Waals surface area contributed by atoms with Crippen LogP contribution in [-0.2, 0) is 20.7 Å². The summed E-state index contributed by atoms with van der Waals surface area (Å²) in [7, 11) is 0. The third-order valence-electron chi connectivity index (χ3n) is 5.01. The minimum absolute atomic E-state index is 0.0480. The van der Waals surface area contributed by atoms with Crippen LogP contribution in [0.15, 0.2) is 59.1 Å². The molecule has 1 amide bonds. The van der Waals surface area contributed by atoms with Crippen LogP contribution in [0.3, 0.4) is 0 Å². The molecular formula is C22H22N2O4. The number of piperidine rings is 1. The van der Waals surface area contributed by atoms with Crippen molar-refractivity contribution in [3.8, 4) is 0 Å². The average Bonchev–Trinajstić information content (AvgIpc) is 3.15. The van der Waals surface area contributed by atoms with Crippen LogP contribution in [0, 0.1) is 0 Å². The average molecular weight is 378 g/mol. The van der Waals surface area contributed by atoms with Gasteiger partial charge in [-0.1, -0.05) is 47.6 Å². The molecule has 1 aliphatic rings. The van der Waals surface area contributed by atoms with Gasteiger partial charge < -0.3 is 14.2 Å². The van der Waals surface area contributed by atoms with Gasteiger partial charge >= 0.3 is 5.97 Å². The smallest absolute Gasteiger partial charge is 0.313 e. The van der Waals surface area contributed by atoms with Crippen LogP contribution in [-0.4, -0.2) is 35.0 Å². The molecule has 0 radical (unpaired) electrons. The van der Waals surface area contributed by atoms with Gasteiger partial charge in [0.15, 0.2) is 5.58 Å². The molecule has 1 saturated heterocycles. The predicted octanol–water partition coefficient (Wildman–Crippen LogP) is 3.67. The third kappa shape index (κ3) is 3.91. The molecule has 3 aromatic rings. The Labute approximate surface area is 163 Å². The summed E-state index contributed by atoms with van der Waals surface area (Å²) < 4.78 is 10.9. The zero-order valence-corrected chi connectivity index (χ0v) is 15.5. The largest absolute Gasteiger partial charge is 0.447 e. The zero-order valence-electron chi connectivity index (χ0n) is 15.5. The lowest BCUT2D eigenvalue weighted by Crippen LogP contribution is -2.40. The monoisotopic (exact) mass is 378 g/mol. The van der Waals surface area contributed by atoms with Gasteiger partial charge in [-0.15, -0.1) is 0 Å². The summed E-state index contributed by atoms with van der Waals surface area (Å²) in [5.41, 5.74) is 1.81. The lowest BCUT2D eigenvalue weighted by Gasteiger charge is -2.30. The number of para-hydroxylation sites is 1. The summed E-state index contributed by atoms with van der Waals surface area (Å²) in [6.07, 6.45) is 2.09. The Morgan fingerprint density at radius 3 is 2.50 bits per heavy atom. The number of amides is 1. The molecule has 4 rings (SSSR count). The van der Waals surface area contributed by atoms with Gasteiger partial charge in [-0.25, -0.2) is 0 Å². The molecule has 0 saturated carbocycles. The number of fused-ring (bicyclic) bond motifs is 1. The molecule has 0 aliphatic carbocycles. The van der Waals surface area contributed by atoms with Gasteiger partial charge in [0.25, 0.3) is 5.91 Å². The fourth-order valence-electron chi connectivity index (χ4n) is 3.54. The molecule has 144 valence electrons. The Morgan fingerprint density at radius 2 is 1.71 bits per heavy atom. The van der Waals surface area contributed by atoms with Gasteiger partial charge in [0.05, 0.1) is 6.42 Å². The highest BCUT2D eigenvalue weighted by Crippen LogP contribution is 2.24. The standard InChI is InChI=1S/C22H22N2O4/c25-20(15-18-17-11-5-6-12-19(17)28-23-18)27-21(16-9-3-1-4-10-16)22(26)24-13-7-2-8-14-24/h1,3-6,9-12,21H,2,7-8,13-15H2/t21-/m1/s1. The Balaban J connectivity index is 1.53. The van der Waals surface area contributed by atoms with E-state index in [1.54, 1.807) is 11.0 Å². The number of likely N-dealkylation sites (tertiary alicyclic amines) is 1. The maximum absolute atomic E-state index is 13.1. The SMILES string of the molecule is O=C(Cc1noc2ccccc12)O[C@@H](C(=O)N1CCCCC1)c1ccccc1. The van der Waals surface area contributed by atoms with Crippen LogP contribution in [0.4, 0.5) is 0 Å². The van der Waals surface area contributed by atoms with E-state index in [0.717, 1.165) is 24.6 Å². The summed E-state index contributed by atoms with van der Waals surface area (Å²) in [5, 5.41) is 4.75. The van der Waals surface area contributed by atoms with Crippen molar-refractivity contribution in [3.63, 3.8) is 0 Å². The molecule has 0 bridgehead atoms. The van der Waals surface area contributed by atoms with Crippen molar-refractivity contribution < 1.29 is 18.8 Å². The first kappa shape index (κ1) is 18.2. The lowest BCUT2D eigenvalue weighted by molar-refractivity contribution is -0.161. The van der Waals surface area contributed by atoms with E-state index in [1.165, 1.54) is 0 Å². The van der Waals surface area contributed by atoms with E-state index in [0.29, 0.717) is 29.9 Å². The number of ether oxygens (including phenoxy) is 1. The number of esters is 1. The molecule has 6 nitrogen and oxygen atoms in total. The van der Waals surface area contributed by atoms with Crippen LogP contribution < -0.4 is 0 Å². The van der Waals surface area contributed by atoms with Gasteiger partial charge in [-0.3, -0.25) is 9.59 Å². The van der Waals surface area contributed by atoms with E-state index >= 15 is 0 Å². The summed E-state index contributed by atoms with van der Waals surface area (Å²) >= 11 is 0. The van der Waals surface area contributed by atoms with E-state index in [9.17, 15) is 9.59 Å². The van der Waals surface area contributed by atoms with Crippen molar-refractivity contribution in [1.29, 1.82) is 0 Å². The second-order valence-corrected chi connectivity index (χ2v) is 6.97. The van der Waals surface area contributed by atoms with E-state index in [2.05, 4.69) is 5.16 Å². The summed E-state index contributed by atoms with van der Waals surface area (Å²) in [6, 6.07) is 16.5. The molecule has 0 spiro atoms. The number of carbonyl (C=O) groups is 2. The number of hydrogen-bond donors (Lipinski definition) is 0. The lowest BCUT2D eigenvalue weighted by atomic mass is 10.1. The van der Waals surface area contributed by atoms with Crippen LogP contribution in [0.1, 0.15) is 36.6 Å². The Morgan fingerprint density at radius 1 is 1.00 bits per heavy atom. The highest BCUT2D eigenvalue weighted by Gasteiger charge is 2.30. The molecule has 2 aromatic carbocycles. The van der Waals surface area contributed by atoms with Crippen LogP contribution in [0.5, 0.6) is 0 Å². The number of hydrogen-bond acceptors (Lipinski definition) is 5. The third-order valence-corrected chi connectivity index (χ3v) is 5.01. The van der Waals surface area contributed by atoms with Gasteiger partial charge in [0.2, 0.25) is 6.10 Å². The Hall–Kier alpha value is -3.15. The second-order valence-electron chi connectivity index (χ2n) is 6.97. The van der Waals surface area contributed by atoms with Crippen molar-refractivity contribution in [2.45, 2.75) is 31.8 Å². The molecular weight excluding hydrogens is 356 g/mol. The topological polar surface area (TPSA) is 72.6 Å². The predicted molar refractivity (Wildman–Crippen MR) is 103 cm³/mol. The van der Waals surface area contributed by atoms with Crippen LogP contribution >= 0.6 is 0 Å². The van der Waals surface area contributed by atoms with E-state index in [1.807, 2.05) is 48.5 Å². The fraction of sp³-hybridized carbons (Fsp3) is 0.318. The minimum atomic E-state index is -0.940. The number of benzene rings is 2. The molecule has 2 heterocycles. The Bertz CT molecular complexity index is 961. The molecule has 1 aromatic heterocycles. The fourth-order valence-corrected chi connectivity index (χ4v) is 3.54. The maximum atomic E-state index is 13.1. The first-order chi connectivity index (χ1) is 13.7. The van der Waals surface area contributed by atoms with Gasteiger partial charge in [0.1, 0.15) is 5.69 Å². The molecule has 0 unspecified atom stereocenters. The van der Waals surface area contributed by atoms with Gasteiger partial charge in [-0.2, -0.15) is 0 Å². The van der Waals surface area contributed by atoms with E-state index in [-0.39, 0.29) is 12.3 Å². The second kappa shape index (κ2) is 8.25. The normalized spacial score (nSPS) is 15.4. The summed E-state index contributed by atoms with van der Waals surface area (Å²) in [4.78, 5) is 27.5. The van der Waals surface area contributed by atoms with Gasteiger partial charge in [-0.05, 0) is 31.4 Å². The van der Waals surface area contributed by atoms with E-state index in [4.69, 9.17) is 9.26 Å².